The summed E-state index contributed by atoms with van der Waals surface area (Å²) in [5, 5.41) is 10.1. The number of aromatic nitrogens is 2. The molecule has 0 bridgehead atoms. The van der Waals surface area contributed by atoms with Crippen LogP contribution in [0.4, 0.5) is 4.79 Å². The molecule has 1 atom stereocenters. The van der Waals surface area contributed by atoms with Gasteiger partial charge < -0.3 is 20.1 Å². The summed E-state index contributed by atoms with van der Waals surface area (Å²) in [5.41, 5.74) is 3.00. The summed E-state index contributed by atoms with van der Waals surface area (Å²) in [4.78, 5) is 12.5. The molecule has 0 spiro atoms. The largest absolute Gasteiger partial charge is 0.497 e. The van der Waals surface area contributed by atoms with Crippen molar-refractivity contribution in [3.8, 4) is 11.5 Å². The van der Waals surface area contributed by atoms with Crippen molar-refractivity contribution < 1.29 is 14.3 Å². The van der Waals surface area contributed by atoms with E-state index in [1.807, 2.05) is 66.3 Å². The Morgan fingerprint density at radius 3 is 2.59 bits per heavy atom. The van der Waals surface area contributed by atoms with E-state index in [0.29, 0.717) is 24.6 Å². The van der Waals surface area contributed by atoms with Crippen LogP contribution in [0.25, 0.3) is 0 Å². The van der Waals surface area contributed by atoms with E-state index in [2.05, 4.69) is 15.7 Å². The minimum absolute atomic E-state index is 0.251. The van der Waals surface area contributed by atoms with E-state index >= 15 is 0 Å². The lowest BCUT2D eigenvalue weighted by Crippen LogP contribution is -2.37. The Morgan fingerprint density at radius 2 is 1.90 bits per heavy atom. The number of carbonyl (C=O) groups is 1. The molecule has 2 N–H and O–H groups in total. The number of benzene rings is 2. The number of methoxy groups -OCH3 is 2. The Hall–Kier alpha value is -3.48. The van der Waals surface area contributed by atoms with Crippen LogP contribution in [0.3, 0.4) is 0 Å². The highest BCUT2D eigenvalue weighted by molar-refractivity contribution is 5.74. The van der Waals surface area contributed by atoms with Gasteiger partial charge in [-0.25, -0.2) is 4.79 Å². The third-order valence-corrected chi connectivity index (χ3v) is 4.70. The van der Waals surface area contributed by atoms with Gasteiger partial charge in [-0.05, 0) is 42.3 Å². The highest BCUT2D eigenvalue weighted by Gasteiger charge is 2.15. The monoisotopic (exact) mass is 394 g/mol. The second kappa shape index (κ2) is 9.64. The number of urea groups is 1. The second-order valence-corrected chi connectivity index (χ2v) is 6.63. The van der Waals surface area contributed by atoms with Gasteiger partial charge in [0.2, 0.25) is 0 Å². The Balaban J connectivity index is 1.62. The molecule has 0 aliphatic carbocycles. The quantitative estimate of drug-likeness (QED) is 0.613. The average molecular weight is 394 g/mol. The number of nitrogens with zero attached hydrogens (tertiary/aromatic N) is 2. The molecule has 7 heteroatoms. The lowest BCUT2D eigenvalue weighted by molar-refractivity contribution is 0.237. The number of amides is 2. The maximum atomic E-state index is 12.5. The molecule has 2 amide bonds. The number of rotatable bonds is 8. The fourth-order valence-corrected chi connectivity index (χ4v) is 3.13. The third kappa shape index (κ3) is 5.28. The Bertz CT molecular complexity index is 941. The van der Waals surface area contributed by atoms with Crippen LogP contribution in [0.5, 0.6) is 11.5 Å². The van der Waals surface area contributed by atoms with Crippen molar-refractivity contribution >= 4 is 6.03 Å². The molecule has 2 aromatic carbocycles. The van der Waals surface area contributed by atoms with Crippen LogP contribution in [0, 0.1) is 0 Å². The molecule has 3 aromatic rings. The highest BCUT2D eigenvalue weighted by atomic mass is 16.5. The molecular weight excluding hydrogens is 368 g/mol. The Labute approximate surface area is 170 Å². The van der Waals surface area contributed by atoms with E-state index in [1.54, 1.807) is 20.4 Å². The predicted octanol–water partition coefficient (Wildman–Crippen LogP) is 3.51. The topological polar surface area (TPSA) is 77.4 Å². The first-order valence-electron chi connectivity index (χ1n) is 9.41. The van der Waals surface area contributed by atoms with Gasteiger partial charge in [-0.15, -0.1) is 0 Å². The van der Waals surface area contributed by atoms with Crippen LogP contribution in [-0.2, 0) is 13.1 Å². The van der Waals surface area contributed by atoms with Crippen LogP contribution < -0.4 is 20.1 Å². The molecule has 1 heterocycles. The number of hydrogen-bond acceptors (Lipinski definition) is 4. The average Bonchev–Trinajstić information content (AvgIpc) is 3.25. The zero-order chi connectivity index (χ0) is 20.6. The summed E-state index contributed by atoms with van der Waals surface area (Å²) in [6.45, 7) is 2.98. The molecule has 0 aliphatic rings. The molecule has 1 aromatic heterocycles. The molecule has 7 nitrogen and oxygen atoms in total. The zero-order valence-corrected chi connectivity index (χ0v) is 16.9. The smallest absolute Gasteiger partial charge is 0.315 e. The summed E-state index contributed by atoms with van der Waals surface area (Å²) in [5.74, 6) is 1.41. The lowest BCUT2D eigenvalue weighted by Gasteiger charge is -2.19. The third-order valence-electron chi connectivity index (χ3n) is 4.70. The summed E-state index contributed by atoms with van der Waals surface area (Å²) in [6.07, 6.45) is 3.67. The van der Waals surface area contributed by atoms with E-state index in [0.717, 1.165) is 16.7 Å². The van der Waals surface area contributed by atoms with Crippen molar-refractivity contribution in [2.75, 3.05) is 14.2 Å². The highest BCUT2D eigenvalue weighted by Crippen LogP contribution is 2.29. The van der Waals surface area contributed by atoms with Gasteiger partial charge in [0.15, 0.2) is 0 Å². The fourth-order valence-electron chi connectivity index (χ4n) is 3.13. The van der Waals surface area contributed by atoms with Gasteiger partial charge in [-0.1, -0.05) is 24.3 Å². The Morgan fingerprint density at radius 1 is 1.10 bits per heavy atom. The molecule has 0 saturated heterocycles. The molecule has 0 saturated carbocycles. The summed E-state index contributed by atoms with van der Waals surface area (Å²) in [7, 11) is 3.21. The van der Waals surface area contributed by atoms with Crippen molar-refractivity contribution in [1.82, 2.24) is 20.4 Å². The van der Waals surface area contributed by atoms with Gasteiger partial charge in [0, 0.05) is 24.5 Å². The zero-order valence-electron chi connectivity index (χ0n) is 16.9. The van der Waals surface area contributed by atoms with Gasteiger partial charge >= 0.3 is 6.03 Å². The Kier molecular flexibility index (Phi) is 6.73. The molecule has 0 fully saturated rings. The molecule has 29 heavy (non-hydrogen) atoms. The fraction of sp³-hybridized carbons (Fsp3) is 0.273. The first-order valence-corrected chi connectivity index (χ1v) is 9.41. The van der Waals surface area contributed by atoms with Crippen molar-refractivity contribution in [3.05, 3.63) is 77.6 Å². The van der Waals surface area contributed by atoms with Crippen molar-refractivity contribution in [2.24, 2.45) is 0 Å². The van der Waals surface area contributed by atoms with Gasteiger partial charge in [0.1, 0.15) is 11.5 Å². The predicted molar refractivity (Wildman–Crippen MR) is 111 cm³/mol. The summed E-state index contributed by atoms with van der Waals surface area (Å²) >= 11 is 0. The molecule has 0 radical (unpaired) electrons. The van der Waals surface area contributed by atoms with E-state index in [1.165, 1.54) is 0 Å². The lowest BCUT2D eigenvalue weighted by atomic mass is 10.1. The van der Waals surface area contributed by atoms with Crippen molar-refractivity contribution in [2.45, 2.75) is 26.1 Å². The van der Waals surface area contributed by atoms with Crippen LogP contribution >= 0.6 is 0 Å². The van der Waals surface area contributed by atoms with Crippen LogP contribution in [0.1, 0.15) is 29.7 Å². The van der Waals surface area contributed by atoms with Crippen LogP contribution in [0.15, 0.2) is 60.9 Å². The van der Waals surface area contributed by atoms with Crippen molar-refractivity contribution in [3.63, 3.8) is 0 Å². The molecule has 1 unspecified atom stereocenters. The minimum atomic E-state index is -0.253. The first kappa shape index (κ1) is 20.3. The van der Waals surface area contributed by atoms with Gasteiger partial charge in [0.25, 0.3) is 0 Å². The van der Waals surface area contributed by atoms with Crippen LogP contribution in [0.2, 0.25) is 0 Å². The number of hydrogen-bond donors (Lipinski definition) is 2. The SMILES string of the molecule is COc1ccc(OC)c(C(C)NC(=O)NCc2ccccc2Cn2cccn2)c1. The number of carbonyl (C=O) groups excluding carboxylic acids is 1. The molecule has 152 valence electrons. The standard InChI is InChI=1S/C22H26N4O3/c1-16(20-13-19(28-2)9-10-21(20)29-3)25-22(27)23-14-17-7-4-5-8-18(17)15-26-12-6-11-24-26/h4-13,16H,14-15H2,1-3H3,(H2,23,25,27). The maximum Gasteiger partial charge on any atom is 0.315 e. The first-order chi connectivity index (χ1) is 14.1. The summed E-state index contributed by atoms with van der Waals surface area (Å²) in [6, 6.07) is 14.9. The maximum absolute atomic E-state index is 12.5. The second-order valence-electron chi connectivity index (χ2n) is 6.63. The van der Waals surface area contributed by atoms with Crippen LogP contribution in [-0.4, -0.2) is 30.0 Å². The van der Waals surface area contributed by atoms with Gasteiger partial charge in [-0.3, -0.25) is 4.68 Å². The number of nitrogens with one attached hydrogen (secondary N) is 2. The van der Waals surface area contributed by atoms with Gasteiger partial charge in [-0.2, -0.15) is 5.10 Å². The normalized spacial score (nSPS) is 11.6. The molecular formula is C22H26N4O3. The van der Waals surface area contributed by atoms with Gasteiger partial charge in [0.05, 0.1) is 26.8 Å². The summed E-state index contributed by atoms with van der Waals surface area (Å²) < 4.78 is 12.5. The number of ether oxygens (including phenoxy) is 2. The van der Waals surface area contributed by atoms with E-state index in [4.69, 9.17) is 9.47 Å². The minimum Gasteiger partial charge on any atom is -0.497 e. The van der Waals surface area contributed by atoms with E-state index in [-0.39, 0.29) is 12.1 Å². The molecule has 3 rings (SSSR count). The van der Waals surface area contributed by atoms with E-state index in [9.17, 15) is 4.79 Å². The molecule has 0 aliphatic heterocycles. The van der Waals surface area contributed by atoms with Crippen molar-refractivity contribution in [1.29, 1.82) is 0 Å². The van der Waals surface area contributed by atoms with E-state index < -0.39 is 0 Å².